The molecular formula is C14H16Cl2FNO3. The van der Waals surface area contributed by atoms with E-state index in [1.807, 2.05) is 13.8 Å². The van der Waals surface area contributed by atoms with Gasteiger partial charge in [-0.3, -0.25) is 4.79 Å². The monoisotopic (exact) mass is 335 g/mol. The molecule has 0 radical (unpaired) electrons. The summed E-state index contributed by atoms with van der Waals surface area (Å²) in [5, 5.41) is 2.39. The summed E-state index contributed by atoms with van der Waals surface area (Å²) in [6.45, 7) is 5.77. The van der Waals surface area contributed by atoms with Gasteiger partial charge in [0.2, 0.25) is 0 Å². The molecule has 0 aliphatic carbocycles. The van der Waals surface area contributed by atoms with Crippen molar-refractivity contribution in [2.75, 3.05) is 6.54 Å². The molecule has 0 saturated carbocycles. The number of amides is 1. The van der Waals surface area contributed by atoms with Crippen LogP contribution in [0.3, 0.4) is 0 Å². The smallest absolute Gasteiger partial charge is 0.340 e. The van der Waals surface area contributed by atoms with Gasteiger partial charge in [-0.1, -0.05) is 37.0 Å². The first kappa shape index (κ1) is 17.7. The Hall–Kier alpha value is -1.33. The highest BCUT2D eigenvalue weighted by atomic mass is 35.5. The molecule has 1 amide bonds. The quantitative estimate of drug-likeness (QED) is 0.662. The minimum Gasteiger partial charge on any atom is -0.449 e. The van der Waals surface area contributed by atoms with Gasteiger partial charge in [0.15, 0.2) is 6.10 Å². The fourth-order valence-electron chi connectivity index (χ4n) is 1.40. The van der Waals surface area contributed by atoms with Crippen molar-refractivity contribution >= 4 is 35.1 Å². The van der Waals surface area contributed by atoms with E-state index in [9.17, 15) is 14.0 Å². The highest BCUT2D eigenvalue weighted by Crippen LogP contribution is 2.25. The van der Waals surface area contributed by atoms with Gasteiger partial charge < -0.3 is 10.1 Å². The Labute approximate surface area is 132 Å². The molecule has 116 valence electrons. The second-order valence-electron chi connectivity index (χ2n) is 4.93. The predicted octanol–water partition coefficient (Wildman–Crippen LogP) is 3.45. The number of halogens is 3. The summed E-state index contributed by atoms with van der Waals surface area (Å²) in [4.78, 5) is 23.6. The maximum Gasteiger partial charge on any atom is 0.340 e. The fraction of sp³-hybridized carbons (Fsp3) is 0.429. The minimum atomic E-state index is -1.01. The van der Waals surface area contributed by atoms with Crippen molar-refractivity contribution in [1.29, 1.82) is 0 Å². The van der Waals surface area contributed by atoms with Crippen LogP contribution in [0.15, 0.2) is 12.1 Å². The predicted molar refractivity (Wildman–Crippen MR) is 79.1 cm³/mol. The van der Waals surface area contributed by atoms with E-state index in [2.05, 4.69) is 5.32 Å². The molecule has 0 fully saturated rings. The van der Waals surface area contributed by atoms with E-state index in [1.54, 1.807) is 0 Å². The largest absolute Gasteiger partial charge is 0.449 e. The van der Waals surface area contributed by atoms with Crippen molar-refractivity contribution in [3.63, 3.8) is 0 Å². The summed E-state index contributed by atoms with van der Waals surface area (Å²) in [5.74, 6) is -1.83. The van der Waals surface area contributed by atoms with Crippen LogP contribution in [-0.4, -0.2) is 24.5 Å². The van der Waals surface area contributed by atoms with E-state index in [1.165, 1.54) is 6.92 Å². The molecule has 21 heavy (non-hydrogen) atoms. The van der Waals surface area contributed by atoms with Crippen molar-refractivity contribution in [2.45, 2.75) is 26.9 Å². The lowest BCUT2D eigenvalue weighted by atomic mass is 10.2. The normalized spacial score (nSPS) is 12.1. The zero-order valence-electron chi connectivity index (χ0n) is 11.9. The number of ether oxygens (including phenoxy) is 1. The van der Waals surface area contributed by atoms with Gasteiger partial charge in [0.25, 0.3) is 5.91 Å². The van der Waals surface area contributed by atoms with E-state index < -0.39 is 23.8 Å². The lowest BCUT2D eigenvalue weighted by Crippen LogP contribution is -2.37. The summed E-state index contributed by atoms with van der Waals surface area (Å²) in [5.41, 5.74) is -0.179. The van der Waals surface area contributed by atoms with Crippen molar-refractivity contribution < 1.29 is 18.7 Å². The molecule has 0 heterocycles. The van der Waals surface area contributed by atoms with Gasteiger partial charge in [-0.25, -0.2) is 9.18 Å². The molecular weight excluding hydrogens is 320 g/mol. The summed E-state index contributed by atoms with van der Waals surface area (Å²) < 4.78 is 18.3. The number of esters is 1. The second kappa shape index (κ2) is 7.61. The van der Waals surface area contributed by atoms with Crippen LogP contribution in [0, 0.1) is 11.7 Å². The van der Waals surface area contributed by atoms with Crippen LogP contribution >= 0.6 is 23.2 Å². The average Bonchev–Trinajstić information content (AvgIpc) is 2.39. The van der Waals surface area contributed by atoms with Crippen molar-refractivity contribution in [3.05, 3.63) is 33.6 Å². The molecule has 0 saturated heterocycles. The first-order valence-electron chi connectivity index (χ1n) is 6.35. The molecule has 0 unspecified atom stereocenters. The molecule has 4 nitrogen and oxygen atoms in total. The first-order chi connectivity index (χ1) is 9.72. The van der Waals surface area contributed by atoms with Crippen LogP contribution in [0.2, 0.25) is 10.0 Å². The third kappa shape index (κ3) is 5.17. The molecule has 1 atom stereocenters. The molecule has 0 aromatic heterocycles. The molecule has 1 aromatic rings. The number of benzene rings is 1. The lowest BCUT2D eigenvalue weighted by molar-refractivity contribution is -0.129. The van der Waals surface area contributed by atoms with Gasteiger partial charge in [0.1, 0.15) is 5.82 Å². The van der Waals surface area contributed by atoms with E-state index in [0.29, 0.717) is 6.54 Å². The molecule has 0 spiro atoms. The van der Waals surface area contributed by atoms with Crippen LogP contribution in [0.4, 0.5) is 4.39 Å². The van der Waals surface area contributed by atoms with Gasteiger partial charge in [0.05, 0.1) is 15.6 Å². The van der Waals surface area contributed by atoms with E-state index in [4.69, 9.17) is 27.9 Å². The van der Waals surface area contributed by atoms with Crippen molar-refractivity contribution in [1.82, 2.24) is 5.32 Å². The van der Waals surface area contributed by atoms with Crippen LogP contribution in [0.5, 0.6) is 0 Å². The Bertz CT molecular complexity index is 549. The van der Waals surface area contributed by atoms with Gasteiger partial charge in [-0.05, 0) is 25.0 Å². The molecule has 7 heteroatoms. The summed E-state index contributed by atoms with van der Waals surface area (Å²) in [7, 11) is 0. The summed E-state index contributed by atoms with van der Waals surface area (Å²) in [6.07, 6.45) is -1.01. The van der Waals surface area contributed by atoms with E-state index in [0.717, 1.165) is 12.1 Å². The van der Waals surface area contributed by atoms with Gasteiger partial charge in [-0.15, -0.1) is 0 Å². The molecule has 0 aliphatic rings. The topological polar surface area (TPSA) is 55.4 Å². The maximum atomic E-state index is 13.3. The number of rotatable bonds is 5. The number of nitrogens with one attached hydrogen (secondary N) is 1. The Kier molecular flexibility index (Phi) is 6.42. The number of hydrogen-bond acceptors (Lipinski definition) is 3. The Balaban J connectivity index is 2.73. The van der Waals surface area contributed by atoms with E-state index >= 15 is 0 Å². The molecule has 1 aromatic carbocycles. The van der Waals surface area contributed by atoms with Gasteiger partial charge in [0, 0.05) is 6.54 Å². The third-order valence-corrected chi connectivity index (χ3v) is 3.17. The molecule has 1 rings (SSSR count). The molecule has 0 bridgehead atoms. The lowest BCUT2D eigenvalue weighted by Gasteiger charge is -2.15. The van der Waals surface area contributed by atoms with Crippen LogP contribution in [0.1, 0.15) is 31.1 Å². The SMILES string of the molecule is CC(C)CNC(=O)[C@@H](C)OC(=O)c1cc(F)c(Cl)cc1Cl. The standard InChI is InChI=1S/C14H16Cl2FNO3/c1-7(2)6-18-13(19)8(3)21-14(20)9-4-12(17)11(16)5-10(9)15/h4-5,7-8H,6H2,1-3H3,(H,18,19)/t8-/m1/s1. The maximum absolute atomic E-state index is 13.3. The third-order valence-electron chi connectivity index (χ3n) is 2.57. The van der Waals surface area contributed by atoms with Crippen LogP contribution in [0.25, 0.3) is 0 Å². The highest BCUT2D eigenvalue weighted by molar-refractivity contribution is 6.36. The zero-order valence-corrected chi connectivity index (χ0v) is 13.4. The second-order valence-corrected chi connectivity index (χ2v) is 5.75. The Morgan fingerprint density at radius 2 is 1.86 bits per heavy atom. The van der Waals surface area contributed by atoms with Crippen LogP contribution in [-0.2, 0) is 9.53 Å². The van der Waals surface area contributed by atoms with Crippen LogP contribution < -0.4 is 5.32 Å². The van der Waals surface area contributed by atoms with Crippen molar-refractivity contribution in [3.8, 4) is 0 Å². The number of carbonyl (C=O) groups is 2. The molecule has 1 N–H and O–H groups in total. The highest BCUT2D eigenvalue weighted by Gasteiger charge is 2.21. The zero-order chi connectivity index (χ0) is 16.2. The minimum absolute atomic E-state index is 0.0406. The fourth-order valence-corrected chi connectivity index (χ4v) is 1.87. The molecule has 0 aliphatic heterocycles. The average molecular weight is 336 g/mol. The first-order valence-corrected chi connectivity index (χ1v) is 7.11. The Morgan fingerprint density at radius 1 is 1.24 bits per heavy atom. The van der Waals surface area contributed by atoms with Crippen molar-refractivity contribution in [2.24, 2.45) is 5.92 Å². The number of carbonyl (C=O) groups excluding carboxylic acids is 2. The Morgan fingerprint density at radius 3 is 2.43 bits per heavy atom. The van der Waals surface area contributed by atoms with E-state index in [-0.39, 0.29) is 21.5 Å². The summed E-state index contributed by atoms with van der Waals surface area (Å²) in [6, 6.07) is 1.99. The van der Waals surface area contributed by atoms with Gasteiger partial charge >= 0.3 is 5.97 Å². The van der Waals surface area contributed by atoms with Gasteiger partial charge in [-0.2, -0.15) is 0 Å². The number of hydrogen-bond donors (Lipinski definition) is 1. The summed E-state index contributed by atoms with van der Waals surface area (Å²) >= 11 is 11.4.